The lowest BCUT2D eigenvalue weighted by Gasteiger charge is -2.40. The summed E-state index contributed by atoms with van der Waals surface area (Å²) in [5.41, 5.74) is 3.16. The molecule has 1 aromatic heterocycles. The van der Waals surface area contributed by atoms with Crippen LogP contribution in [0.15, 0.2) is 30.5 Å². The van der Waals surface area contributed by atoms with Crippen molar-refractivity contribution in [1.29, 1.82) is 0 Å². The van der Waals surface area contributed by atoms with Gasteiger partial charge < -0.3 is 10.0 Å². The van der Waals surface area contributed by atoms with Crippen molar-refractivity contribution in [2.75, 3.05) is 20.1 Å². The van der Waals surface area contributed by atoms with Crippen LogP contribution in [0.3, 0.4) is 0 Å². The van der Waals surface area contributed by atoms with Gasteiger partial charge in [0.25, 0.3) is 5.91 Å². The number of aromatic nitrogens is 2. The van der Waals surface area contributed by atoms with Crippen molar-refractivity contribution in [1.82, 2.24) is 19.6 Å². The van der Waals surface area contributed by atoms with Gasteiger partial charge in [0.15, 0.2) is 5.60 Å². The summed E-state index contributed by atoms with van der Waals surface area (Å²) in [5, 5.41) is 15.5. The lowest BCUT2D eigenvalue weighted by Crippen LogP contribution is -2.57. The highest BCUT2D eigenvalue weighted by Crippen LogP contribution is 2.26. The molecule has 0 bridgehead atoms. The molecule has 0 aliphatic carbocycles. The predicted octanol–water partition coefficient (Wildman–Crippen LogP) is 2.84. The van der Waals surface area contributed by atoms with Crippen LogP contribution in [0, 0.1) is 6.92 Å². The number of aryl methyl sites for hydroxylation is 2. The molecule has 1 N–H and O–H groups in total. The van der Waals surface area contributed by atoms with Crippen molar-refractivity contribution >= 4 is 5.91 Å². The molecule has 6 heteroatoms. The van der Waals surface area contributed by atoms with Crippen LogP contribution in [-0.4, -0.2) is 56.3 Å². The first-order chi connectivity index (χ1) is 13.7. The first-order valence-electron chi connectivity index (χ1n) is 10.5. The van der Waals surface area contributed by atoms with Crippen LogP contribution < -0.4 is 0 Å². The van der Waals surface area contributed by atoms with E-state index in [4.69, 9.17) is 0 Å². The highest BCUT2D eigenvalue weighted by Gasteiger charge is 2.42. The van der Waals surface area contributed by atoms with Crippen LogP contribution in [-0.2, 0) is 24.9 Å². The first kappa shape index (κ1) is 21.5. The molecule has 29 heavy (non-hydrogen) atoms. The third kappa shape index (κ3) is 5.06. The van der Waals surface area contributed by atoms with Gasteiger partial charge in [-0.1, -0.05) is 38.1 Å². The Morgan fingerprint density at radius 2 is 1.97 bits per heavy atom. The number of hydrogen-bond donors (Lipinski definition) is 1. The Bertz CT molecular complexity index is 843. The van der Waals surface area contributed by atoms with E-state index < -0.39 is 5.60 Å². The third-order valence-electron chi connectivity index (χ3n) is 5.81. The molecule has 1 aromatic carbocycles. The Kier molecular flexibility index (Phi) is 6.44. The first-order valence-corrected chi connectivity index (χ1v) is 10.5. The van der Waals surface area contributed by atoms with E-state index in [9.17, 15) is 9.90 Å². The van der Waals surface area contributed by atoms with Crippen molar-refractivity contribution in [2.45, 2.75) is 58.2 Å². The summed E-state index contributed by atoms with van der Waals surface area (Å²) in [7, 11) is 3.85. The van der Waals surface area contributed by atoms with Crippen LogP contribution in [0.5, 0.6) is 0 Å². The lowest BCUT2D eigenvalue weighted by molar-refractivity contribution is -0.160. The molecule has 0 saturated carbocycles. The topological polar surface area (TPSA) is 61.6 Å². The molecule has 1 saturated heterocycles. The summed E-state index contributed by atoms with van der Waals surface area (Å²) in [6.07, 6.45) is 3.31. The number of nitrogens with zero attached hydrogens (tertiary/aromatic N) is 4. The van der Waals surface area contributed by atoms with E-state index in [1.807, 2.05) is 32.1 Å². The molecule has 3 rings (SSSR count). The fraction of sp³-hybridized carbons (Fsp3) is 0.565. The van der Waals surface area contributed by atoms with Gasteiger partial charge in [0.2, 0.25) is 0 Å². The molecule has 1 aliphatic rings. The van der Waals surface area contributed by atoms with Gasteiger partial charge in [0.05, 0.1) is 5.69 Å². The number of carbonyl (C=O) groups is 1. The molecular formula is C23H34N4O2. The number of piperidine rings is 1. The van der Waals surface area contributed by atoms with E-state index in [1.54, 1.807) is 9.58 Å². The zero-order chi connectivity index (χ0) is 21.2. The molecule has 0 spiro atoms. The minimum Gasteiger partial charge on any atom is -0.379 e. The van der Waals surface area contributed by atoms with Crippen LogP contribution in [0.2, 0.25) is 0 Å². The van der Waals surface area contributed by atoms with Crippen LogP contribution >= 0.6 is 0 Å². The van der Waals surface area contributed by atoms with Gasteiger partial charge in [0, 0.05) is 45.0 Å². The standard InChI is InChI=1S/C23H34N4O2/c1-17(2)20-9-7-19(8-10-20)13-27-12-6-11-23(29,22(27)28)16-25(4)14-21-15-26(5)24-18(21)3/h7-10,15,17,29H,6,11-14,16H2,1-5H3/t23-/m0/s1. The third-order valence-corrected chi connectivity index (χ3v) is 5.81. The summed E-state index contributed by atoms with van der Waals surface area (Å²) in [5.74, 6) is 0.330. The molecule has 6 nitrogen and oxygen atoms in total. The average Bonchev–Trinajstić information content (AvgIpc) is 2.96. The molecule has 1 amide bonds. The summed E-state index contributed by atoms with van der Waals surface area (Å²) in [6.45, 7) is 8.55. The number of amides is 1. The van der Waals surface area contributed by atoms with Crippen LogP contribution in [0.4, 0.5) is 0 Å². The summed E-state index contributed by atoms with van der Waals surface area (Å²) in [4.78, 5) is 16.9. The van der Waals surface area contributed by atoms with Crippen molar-refractivity contribution in [2.24, 2.45) is 7.05 Å². The second-order valence-electron chi connectivity index (χ2n) is 8.84. The number of likely N-dealkylation sites (N-methyl/N-ethyl adjacent to an activating group) is 1. The number of likely N-dealkylation sites (tertiary alicyclic amines) is 1. The molecule has 2 heterocycles. The minimum atomic E-state index is -1.33. The van der Waals surface area contributed by atoms with Crippen molar-refractivity contribution in [3.63, 3.8) is 0 Å². The number of hydrogen-bond acceptors (Lipinski definition) is 4. The SMILES string of the molecule is Cc1nn(C)cc1CN(C)C[C@@]1(O)CCCN(Cc2ccc(C(C)C)cc2)C1=O. The maximum absolute atomic E-state index is 13.1. The van der Waals surface area contributed by atoms with Gasteiger partial charge in [-0.15, -0.1) is 0 Å². The molecule has 1 atom stereocenters. The molecule has 1 fully saturated rings. The molecule has 158 valence electrons. The Balaban J connectivity index is 1.64. The van der Waals surface area contributed by atoms with Gasteiger partial charge in [-0.3, -0.25) is 14.4 Å². The van der Waals surface area contributed by atoms with E-state index >= 15 is 0 Å². The Labute approximate surface area is 174 Å². The number of benzene rings is 1. The summed E-state index contributed by atoms with van der Waals surface area (Å²) < 4.78 is 1.80. The van der Waals surface area contributed by atoms with Gasteiger partial charge in [0.1, 0.15) is 0 Å². The van der Waals surface area contributed by atoms with Crippen LogP contribution in [0.25, 0.3) is 0 Å². The quantitative estimate of drug-likeness (QED) is 0.779. The Morgan fingerprint density at radius 3 is 2.55 bits per heavy atom. The molecule has 0 radical (unpaired) electrons. The van der Waals surface area contributed by atoms with E-state index in [0.717, 1.165) is 23.2 Å². The van der Waals surface area contributed by atoms with Gasteiger partial charge in [-0.25, -0.2) is 0 Å². The second-order valence-corrected chi connectivity index (χ2v) is 8.84. The number of rotatable bonds is 7. The van der Waals surface area contributed by atoms with Gasteiger partial charge in [-0.2, -0.15) is 5.10 Å². The summed E-state index contributed by atoms with van der Waals surface area (Å²) in [6, 6.07) is 8.44. The zero-order valence-electron chi connectivity index (χ0n) is 18.4. The molecule has 2 aromatic rings. The van der Waals surface area contributed by atoms with E-state index in [2.05, 4.69) is 43.2 Å². The van der Waals surface area contributed by atoms with E-state index in [0.29, 0.717) is 38.5 Å². The predicted molar refractivity (Wildman–Crippen MR) is 114 cm³/mol. The largest absolute Gasteiger partial charge is 0.379 e. The Hall–Kier alpha value is -2.18. The smallest absolute Gasteiger partial charge is 0.256 e. The van der Waals surface area contributed by atoms with Crippen LogP contribution in [0.1, 0.15) is 55.0 Å². The maximum atomic E-state index is 13.1. The minimum absolute atomic E-state index is 0.161. The van der Waals surface area contributed by atoms with Gasteiger partial charge in [-0.05, 0) is 43.9 Å². The van der Waals surface area contributed by atoms with E-state index in [-0.39, 0.29) is 5.91 Å². The zero-order valence-corrected chi connectivity index (χ0v) is 18.4. The second kappa shape index (κ2) is 8.67. The monoisotopic (exact) mass is 398 g/mol. The van der Waals surface area contributed by atoms with E-state index in [1.165, 1.54) is 5.56 Å². The highest BCUT2D eigenvalue weighted by atomic mass is 16.3. The highest BCUT2D eigenvalue weighted by molar-refractivity contribution is 5.86. The maximum Gasteiger partial charge on any atom is 0.256 e. The van der Waals surface area contributed by atoms with Gasteiger partial charge >= 0.3 is 0 Å². The molecule has 0 unspecified atom stereocenters. The fourth-order valence-corrected chi connectivity index (χ4v) is 4.19. The average molecular weight is 399 g/mol. The Morgan fingerprint density at radius 1 is 1.28 bits per heavy atom. The van der Waals surface area contributed by atoms with Crippen molar-refractivity contribution in [3.05, 3.63) is 52.8 Å². The summed E-state index contributed by atoms with van der Waals surface area (Å²) >= 11 is 0. The lowest BCUT2D eigenvalue weighted by atomic mass is 9.90. The number of carbonyl (C=O) groups excluding carboxylic acids is 1. The number of aliphatic hydroxyl groups is 1. The van der Waals surface area contributed by atoms with Crippen molar-refractivity contribution in [3.8, 4) is 0 Å². The molecule has 1 aliphatic heterocycles. The van der Waals surface area contributed by atoms with Crippen molar-refractivity contribution < 1.29 is 9.90 Å². The molecular weight excluding hydrogens is 364 g/mol. The normalized spacial score (nSPS) is 20.1. The fourth-order valence-electron chi connectivity index (χ4n) is 4.19.